The van der Waals surface area contributed by atoms with E-state index in [-0.39, 0.29) is 34.6 Å². The van der Waals surface area contributed by atoms with Crippen molar-refractivity contribution in [2.75, 3.05) is 0 Å². The van der Waals surface area contributed by atoms with Crippen LogP contribution in [0.4, 0.5) is 0 Å². The molecule has 0 fully saturated rings. The molecule has 0 aliphatic carbocycles. The summed E-state index contributed by atoms with van der Waals surface area (Å²) >= 11 is 1.25. The third kappa shape index (κ3) is 2.18. The maximum atomic E-state index is 10.3. The molecule has 0 bridgehead atoms. The second-order valence-electron chi connectivity index (χ2n) is 1.44. The molecule has 8 heavy (non-hydrogen) atoms. The van der Waals surface area contributed by atoms with Crippen LogP contribution in [-0.2, 0) is 0 Å². The molecule has 0 aliphatic rings. The van der Waals surface area contributed by atoms with Crippen LogP contribution in [0.2, 0.25) is 0 Å². The van der Waals surface area contributed by atoms with E-state index in [1.54, 1.807) is 6.07 Å². The Bertz CT molecular complexity index is 145. The molecule has 1 heterocycles. The van der Waals surface area contributed by atoms with Gasteiger partial charge < -0.3 is 5.11 Å². The van der Waals surface area contributed by atoms with Gasteiger partial charge in [0.15, 0.2) is 0 Å². The summed E-state index contributed by atoms with van der Waals surface area (Å²) in [5.74, 6) is 0. The molecule has 38 valence electrons. The van der Waals surface area contributed by atoms with Crippen molar-refractivity contribution in [2.24, 2.45) is 0 Å². The first-order valence-electron chi connectivity index (χ1n) is 2.01. The van der Waals surface area contributed by atoms with Gasteiger partial charge in [0.05, 0.1) is 0 Å². The Morgan fingerprint density at radius 1 is 1.62 bits per heavy atom. The maximum Gasteiger partial charge on any atom is 1.00 e. The summed E-state index contributed by atoms with van der Waals surface area (Å²) in [4.78, 5) is 0. The van der Waals surface area contributed by atoms with Gasteiger partial charge in [-0.25, -0.2) is 0 Å². The fraction of sp³-hybridized carbons (Fsp3) is 0.200. The minimum atomic E-state index is 0. The topological polar surface area (TPSA) is 23.1 Å². The predicted octanol–water partition coefficient (Wildman–Crippen LogP) is -1.87. The van der Waals surface area contributed by atoms with Crippen molar-refractivity contribution in [2.45, 2.75) is 6.92 Å². The number of aryl methyl sites for hydroxylation is 1. The van der Waals surface area contributed by atoms with Gasteiger partial charge in [-0.05, 0) is 17.9 Å². The Morgan fingerprint density at radius 3 is 2.38 bits per heavy atom. The van der Waals surface area contributed by atoms with E-state index < -0.39 is 0 Å². The summed E-state index contributed by atoms with van der Waals surface area (Å²) < 4.78 is 0. The summed E-state index contributed by atoms with van der Waals surface area (Å²) in [5, 5.41) is 12.3. The van der Waals surface area contributed by atoms with Gasteiger partial charge in [-0.2, -0.15) is 11.3 Å². The van der Waals surface area contributed by atoms with Crippen LogP contribution in [-0.4, -0.2) is 0 Å². The summed E-state index contributed by atoms with van der Waals surface area (Å²) in [6, 6.07) is 1.63. The molecule has 1 aromatic rings. The molecule has 1 aromatic heterocycles. The van der Waals surface area contributed by atoms with Gasteiger partial charge in [0, 0.05) is 0 Å². The molecule has 1 nitrogen and oxygen atoms in total. The van der Waals surface area contributed by atoms with E-state index in [1.165, 1.54) is 11.3 Å². The molecule has 0 saturated heterocycles. The molecular weight excluding hydrogens is 131 g/mol. The zero-order valence-electron chi connectivity index (χ0n) is 4.97. The van der Waals surface area contributed by atoms with Crippen LogP contribution in [0, 0.1) is 6.92 Å². The molecule has 0 saturated carbocycles. The molecule has 1 rings (SSSR count). The standard InChI is InChI=1S/C5H6OS.Na/c1-4-2-5(6)7-3-4;/h2-3,6H,1H3;/q;+1/p-1. The van der Waals surface area contributed by atoms with Crippen molar-refractivity contribution in [1.82, 2.24) is 0 Å². The minimum absolute atomic E-state index is 0. The third-order valence-corrected chi connectivity index (χ3v) is 1.55. The first-order chi connectivity index (χ1) is 3.29. The fourth-order valence-corrected chi connectivity index (χ4v) is 1.03. The Morgan fingerprint density at radius 2 is 2.25 bits per heavy atom. The van der Waals surface area contributed by atoms with E-state index in [1.807, 2.05) is 12.3 Å². The summed E-state index contributed by atoms with van der Waals surface area (Å²) in [6.07, 6.45) is 0. The van der Waals surface area contributed by atoms with Gasteiger partial charge >= 0.3 is 29.6 Å². The second kappa shape index (κ2) is 3.51. The number of hydrogen-bond acceptors (Lipinski definition) is 2. The second-order valence-corrected chi connectivity index (χ2v) is 2.32. The third-order valence-electron chi connectivity index (χ3n) is 0.706. The molecule has 0 spiro atoms. The quantitative estimate of drug-likeness (QED) is 0.383. The van der Waals surface area contributed by atoms with E-state index in [4.69, 9.17) is 0 Å². The molecule has 0 unspecified atom stereocenters. The molecular formula is C5H5NaOS. The average molecular weight is 136 g/mol. The van der Waals surface area contributed by atoms with Gasteiger partial charge in [0.1, 0.15) is 0 Å². The van der Waals surface area contributed by atoms with E-state index in [2.05, 4.69) is 0 Å². The van der Waals surface area contributed by atoms with Gasteiger partial charge in [-0.1, -0.05) is 11.1 Å². The van der Waals surface area contributed by atoms with Crippen molar-refractivity contribution in [3.05, 3.63) is 17.0 Å². The fourth-order valence-electron chi connectivity index (χ4n) is 0.405. The minimum Gasteiger partial charge on any atom is -0.865 e. The van der Waals surface area contributed by atoms with Gasteiger partial charge in [-0.3, -0.25) is 0 Å². The van der Waals surface area contributed by atoms with Crippen molar-refractivity contribution in [3.8, 4) is 5.06 Å². The van der Waals surface area contributed by atoms with Crippen LogP contribution in [0.5, 0.6) is 5.06 Å². The average Bonchev–Trinajstić information content (AvgIpc) is 1.87. The predicted molar refractivity (Wildman–Crippen MR) is 28.5 cm³/mol. The zero-order chi connectivity index (χ0) is 5.28. The zero-order valence-corrected chi connectivity index (χ0v) is 7.79. The van der Waals surface area contributed by atoms with Crippen molar-refractivity contribution >= 4 is 11.3 Å². The first kappa shape index (κ1) is 8.50. The van der Waals surface area contributed by atoms with E-state index in [0.717, 1.165) is 5.56 Å². The van der Waals surface area contributed by atoms with Gasteiger partial charge in [0.2, 0.25) is 0 Å². The van der Waals surface area contributed by atoms with Crippen LogP contribution in [0.1, 0.15) is 5.56 Å². The van der Waals surface area contributed by atoms with Crippen LogP contribution >= 0.6 is 11.3 Å². The SMILES string of the molecule is Cc1csc([O-])c1.[Na+]. The Kier molecular flexibility index (Phi) is 3.73. The van der Waals surface area contributed by atoms with Gasteiger partial charge in [-0.15, -0.1) is 0 Å². The van der Waals surface area contributed by atoms with Crippen LogP contribution < -0.4 is 34.7 Å². The summed E-state index contributed by atoms with van der Waals surface area (Å²) in [6.45, 7) is 1.91. The van der Waals surface area contributed by atoms with Crippen molar-refractivity contribution < 1.29 is 34.7 Å². The monoisotopic (exact) mass is 136 g/mol. The molecule has 0 radical (unpaired) electrons. The van der Waals surface area contributed by atoms with Crippen LogP contribution in [0.25, 0.3) is 0 Å². The Labute approximate surface area is 74.6 Å². The molecule has 0 N–H and O–H groups in total. The number of thiophene rings is 1. The Balaban J connectivity index is 0.000000490. The largest absolute Gasteiger partial charge is 1.00 e. The van der Waals surface area contributed by atoms with E-state index in [9.17, 15) is 5.11 Å². The molecule has 3 heteroatoms. The molecule has 0 aliphatic heterocycles. The van der Waals surface area contributed by atoms with Crippen molar-refractivity contribution in [3.63, 3.8) is 0 Å². The van der Waals surface area contributed by atoms with Crippen LogP contribution in [0.3, 0.4) is 0 Å². The number of hydrogen-bond donors (Lipinski definition) is 0. The maximum absolute atomic E-state index is 10.3. The summed E-state index contributed by atoms with van der Waals surface area (Å²) in [5.41, 5.74) is 1.06. The van der Waals surface area contributed by atoms with E-state index in [0.29, 0.717) is 0 Å². The molecule has 0 amide bonds. The molecule has 0 atom stereocenters. The Hall–Kier alpha value is 0.500. The summed E-state index contributed by atoms with van der Waals surface area (Å²) in [7, 11) is 0. The van der Waals surface area contributed by atoms with Crippen molar-refractivity contribution in [1.29, 1.82) is 0 Å². The van der Waals surface area contributed by atoms with Crippen LogP contribution in [0.15, 0.2) is 11.4 Å². The normalized spacial score (nSPS) is 8.12. The number of rotatable bonds is 0. The first-order valence-corrected chi connectivity index (χ1v) is 2.89. The van der Waals surface area contributed by atoms with E-state index >= 15 is 0 Å². The van der Waals surface area contributed by atoms with Gasteiger partial charge in [0.25, 0.3) is 0 Å². The smallest absolute Gasteiger partial charge is 0.865 e. The molecule has 0 aromatic carbocycles.